The monoisotopic (exact) mass is 221 g/mol. The third kappa shape index (κ3) is 1.68. The highest BCUT2D eigenvalue weighted by molar-refractivity contribution is 5.82. The highest BCUT2D eigenvalue weighted by Gasteiger charge is 2.54. The van der Waals surface area contributed by atoms with E-state index in [-0.39, 0.29) is 11.8 Å². The molecule has 0 bridgehead atoms. The summed E-state index contributed by atoms with van der Waals surface area (Å²) < 4.78 is 0. The molecule has 2 atom stereocenters. The van der Waals surface area contributed by atoms with Gasteiger partial charge in [-0.3, -0.25) is 4.79 Å². The summed E-state index contributed by atoms with van der Waals surface area (Å²) in [7, 11) is 0. The molecule has 0 saturated heterocycles. The molecule has 1 heterocycles. The topological polar surface area (TPSA) is 83.6 Å². The molecule has 2 N–H and O–H groups in total. The number of hydrogen-bond acceptors (Lipinski definition) is 4. The molecule has 6 heteroatoms. The summed E-state index contributed by atoms with van der Waals surface area (Å²) in [5, 5.41) is 16.3. The highest BCUT2D eigenvalue weighted by atomic mass is 16.2. The smallest absolute Gasteiger partial charge is 0.224 e. The molecule has 86 valence electrons. The summed E-state index contributed by atoms with van der Waals surface area (Å²) in [5.41, 5.74) is 0. The van der Waals surface area contributed by atoms with Crippen molar-refractivity contribution in [3.05, 3.63) is 5.82 Å². The molecule has 6 nitrogen and oxygen atoms in total. The molecular formula is C10H15N5O. The van der Waals surface area contributed by atoms with E-state index in [1.807, 2.05) is 0 Å². The largest absolute Gasteiger partial charge is 0.348 e. The number of tetrazole rings is 1. The van der Waals surface area contributed by atoms with Crippen LogP contribution in [0.1, 0.15) is 31.5 Å². The lowest BCUT2D eigenvalue weighted by Crippen LogP contribution is -2.26. The van der Waals surface area contributed by atoms with Gasteiger partial charge in [-0.15, -0.1) is 10.2 Å². The molecule has 2 aliphatic rings. The first kappa shape index (κ1) is 9.74. The van der Waals surface area contributed by atoms with Gasteiger partial charge in [0.25, 0.3) is 0 Å². The quantitative estimate of drug-likeness (QED) is 0.766. The predicted octanol–water partition coefficient (Wildman–Crippen LogP) is 0.252. The Morgan fingerprint density at radius 2 is 2.12 bits per heavy atom. The third-order valence-corrected chi connectivity index (χ3v) is 3.77. The van der Waals surface area contributed by atoms with Crippen LogP contribution in [0.3, 0.4) is 0 Å². The Balaban J connectivity index is 1.51. The van der Waals surface area contributed by atoms with Gasteiger partial charge >= 0.3 is 0 Å². The van der Waals surface area contributed by atoms with Crippen LogP contribution in [0.4, 0.5) is 0 Å². The van der Waals surface area contributed by atoms with Crippen molar-refractivity contribution in [3.63, 3.8) is 0 Å². The second kappa shape index (κ2) is 3.84. The Kier molecular flexibility index (Phi) is 2.34. The molecule has 3 rings (SSSR count). The van der Waals surface area contributed by atoms with Crippen LogP contribution in [0.15, 0.2) is 0 Å². The molecular weight excluding hydrogens is 206 g/mol. The van der Waals surface area contributed by atoms with Gasteiger partial charge in [0.15, 0.2) is 5.82 Å². The van der Waals surface area contributed by atoms with Crippen LogP contribution in [-0.4, -0.2) is 26.5 Å². The minimum atomic E-state index is 0.168. The fourth-order valence-corrected chi connectivity index (χ4v) is 2.92. The van der Waals surface area contributed by atoms with Crippen molar-refractivity contribution in [2.24, 2.45) is 17.8 Å². The van der Waals surface area contributed by atoms with Gasteiger partial charge < -0.3 is 5.32 Å². The second-order valence-corrected chi connectivity index (χ2v) is 4.68. The molecule has 0 aromatic carbocycles. The number of aromatic amines is 1. The number of hydrogen-bond donors (Lipinski definition) is 2. The Bertz CT molecular complexity index is 365. The van der Waals surface area contributed by atoms with Crippen molar-refractivity contribution in [3.8, 4) is 0 Å². The maximum atomic E-state index is 11.9. The molecule has 2 fully saturated rings. The SMILES string of the molecule is O=C(NCc1nn[nH]n1)C1C2CCCCC21. The molecule has 1 aromatic heterocycles. The van der Waals surface area contributed by atoms with Gasteiger partial charge in [0, 0.05) is 5.92 Å². The summed E-state index contributed by atoms with van der Waals surface area (Å²) in [6, 6.07) is 0. The van der Waals surface area contributed by atoms with Crippen LogP contribution in [0, 0.1) is 17.8 Å². The molecule has 0 aliphatic heterocycles. The summed E-state index contributed by atoms with van der Waals surface area (Å²) in [6.07, 6.45) is 5.03. The van der Waals surface area contributed by atoms with E-state index in [2.05, 4.69) is 25.9 Å². The van der Waals surface area contributed by atoms with Crippen molar-refractivity contribution in [2.45, 2.75) is 32.2 Å². The number of fused-ring (bicyclic) bond motifs is 1. The van der Waals surface area contributed by atoms with Gasteiger partial charge in [-0.2, -0.15) is 5.21 Å². The standard InChI is InChI=1S/C10H15N5O/c16-10(11-5-8-12-14-15-13-8)9-6-3-1-2-4-7(6)9/h6-7,9H,1-5H2,(H,11,16)(H,12,13,14,15). The van der Waals surface area contributed by atoms with E-state index < -0.39 is 0 Å². The fraction of sp³-hybridized carbons (Fsp3) is 0.800. The van der Waals surface area contributed by atoms with Gasteiger partial charge in [-0.25, -0.2) is 0 Å². The molecule has 2 unspecified atom stereocenters. The van der Waals surface area contributed by atoms with Crippen LogP contribution in [0.5, 0.6) is 0 Å². The second-order valence-electron chi connectivity index (χ2n) is 4.68. The predicted molar refractivity (Wildman–Crippen MR) is 55.0 cm³/mol. The van der Waals surface area contributed by atoms with Crippen LogP contribution < -0.4 is 5.32 Å². The average Bonchev–Trinajstić information content (AvgIpc) is 2.80. The van der Waals surface area contributed by atoms with Crippen molar-refractivity contribution in [2.75, 3.05) is 0 Å². The minimum absolute atomic E-state index is 0.168. The number of carbonyl (C=O) groups excluding carboxylic acids is 1. The van der Waals surface area contributed by atoms with Gasteiger partial charge in [0.1, 0.15) is 0 Å². The first-order valence-electron chi connectivity index (χ1n) is 5.86. The number of amides is 1. The number of aromatic nitrogens is 4. The van der Waals surface area contributed by atoms with E-state index in [9.17, 15) is 4.79 Å². The van der Waals surface area contributed by atoms with Crippen molar-refractivity contribution in [1.29, 1.82) is 0 Å². The summed E-state index contributed by atoms with van der Waals surface area (Å²) in [5.74, 6) is 2.27. The van der Waals surface area contributed by atoms with E-state index in [0.29, 0.717) is 24.2 Å². The maximum Gasteiger partial charge on any atom is 0.224 e. The Morgan fingerprint density at radius 1 is 1.38 bits per heavy atom. The zero-order valence-corrected chi connectivity index (χ0v) is 9.02. The van der Waals surface area contributed by atoms with E-state index in [1.165, 1.54) is 25.7 Å². The molecule has 1 aromatic rings. The molecule has 0 radical (unpaired) electrons. The number of nitrogens with one attached hydrogen (secondary N) is 2. The van der Waals surface area contributed by atoms with Gasteiger partial charge in [0.05, 0.1) is 6.54 Å². The maximum absolute atomic E-state index is 11.9. The lowest BCUT2D eigenvalue weighted by Gasteiger charge is -2.04. The van der Waals surface area contributed by atoms with Crippen molar-refractivity contribution >= 4 is 5.91 Å². The van der Waals surface area contributed by atoms with Crippen LogP contribution in [0.2, 0.25) is 0 Å². The molecule has 2 saturated carbocycles. The van der Waals surface area contributed by atoms with E-state index in [4.69, 9.17) is 0 Å². The fourth-order valence-electron chi connectivity index (χ4n) is 2.92. The van der Waals surface area contributed by atoms with Crippen LogP contribution in [0.25, 0.3) is 0 Å². The summed E-state index contributed by atoms with van der Waals surface area (Å²) >= 11 is 0. The lowest BCUT2D eigenvalue weighted by molar-refractivity contribution is -0.123. The van der Waals surface area contributed by atoms with Gasteiger partial charge in [0.2, 0.25) is 5.91 Å². The van der Waals surface area contributed by atoms with Crippen LogP contribution in [-0.2, 0) is 11.3 Å². The molecule has 0 spiro atoms. The first-order valence-corrected chi connectivity index (χ1v) is 5.86. The van der Waals surface area contributed by atoms with E-state index >= 15 is 0 Å². The molecule has 16 heavy (non-hydrogen) atoms. The molecule has 2 aliphatic carbocycles. The third-order valence-electron chi connectivity index (χ3n) is 3.77. The Hall–Kier alpha value is -1.46. The Morgan fingerprint density at radius 3 is 2.75 bits per heavy atom. The lowest BCUT2D eigenvalue weighted by atomic mass is 10.0. The normalized spacial score (nSPS) is 31.9. The van der Waals surface area contributed by atoms with Gasteiger partial charge in [-0.05, 0) is 24.7 Å². The Labute approximate surface area is 93.2 Å². The zero-order chi connectivity index (χ0) is 11.0. The number of H-pyrrole nitrogens is 1. The zero-order valence-electron chi connectivity index (χ0n) is 9.02. The van der Waals surface area contributed by atoms with Crippen LogP contribution >= 0.6 is 0 Å². The number of nitrogens with zero attached hydrogens (tertiary/aromatic N) is 3. The number of rotatable bonds is 3. The van der Waals surface area contributed by atoms with Gasteiger partial charge in [-0.1, -0.05) is 18.1 Å². The van der Waals surface area contributed by atoms with E-state index in [0.717, 1.165) is 0 Å². The number of carbonyl (C=O) groups is 1. The molecule has 1 amide bonds. The van der Waals surface area contributed by atoms with Crippen molar-refractivity contribution in [1.82, 2.24) is 25.9 Å². The minimum Gasteiger partial charge on any atom is -0.348 e. The summed E-state index contributed by atoms with van der Waals surface area (Å²) in [6.45, 7) is 0.380. The highest BCUT2D eigenvalue weighted by Crippen LogP contribution is 2.55. The first-order chi connectivity index (χ1) is 7.86. The summed E-state index contributed by atoms with van der Waals surface area (Å²) in [4.78, 5) is 11.9. The average molecular weight is 221 g/mol. The van der Waals surface area contributed by atoms with E-state index in [1.54, 1.807) is 0 Å². The van der Waals surface area contributed by atoms with Crippen molar-refractivity contribution < 1.29 is 4.79 Å².